The van der Waals surface area contributed by atoms with Gasteiger partial charge in [-0.2, -0.15) is 5.10 Å². The van der Waals surface area contributed by atoms with Gasteiger partial charge in [0, 0.05) is 16.6 Å². The van der Waals surface area contributed by atoms with Crippen LogP contribution in [0.25, 0.3) is 0 Å². The minimum Gasteiger partial charge on any atom is -0.369 e. The monoisotopic (exact) mass is 412 g/mol. The number of benzene rings is 2. The smallest absolute Gasteiger partial charge is 0.342 e. The van der Waals surface area contributed by atoms with Gasteiger partial charge in [0.15, 0.2) is 0 Å². The quantitative estimate of drug-likeness (QED) is 0.767. The van der Waals surface area contributed by atoms with Crippen molar-refractivity contribution < 1.29 is 9.59 Å². The van der Waals surface area contributed by atoms with Crippen molar-refractivity contribution in [2.45, 2.75) is 27.2 Å². The predicted molar refractivity (Wildman–Crippen MR) is 116 cm³/mol. The number of hydrogen-bond donors (Lipinski definition) is 2. The molecule has 1 unspecified atom stereocenters. The molecule has 2 aromatic rings. The van der Waals surface area contributed by atoms with Gasteiger partial charge >= 0.3 is 6.03 Å². The number of hydrogen-bond acceptors (Lipinski definition) is 3. The number of amides is 3. The van der Waals surface area contributed by atoms with Crippen molar-refractivity contribution in [3.63, 3.8) is 0 Å². The summed E-state index contributed by atoms with van der Waals surface area (Å²) in [4.78, 5) is 24.9. The first kappa shape index (κ1) is 20.9. The summed E-state index contributed by atoms with van der Waals surface area (Å²) in [5, 5.41) is 9.35. The Kier molecular flexibility index (Phi) is 5.94. The molecule has 1 aliphatic rings. The van der Waals surface area contributed by atoms with Gasteiger partial charge in [0.25, 0.3) is 0 Å². The first-order valence-corrected chi connectivity index (χ1v) is 9.92. The van der Waals surface area contributed by atoms with Crippen molar-refractivity contribution in [1.82, 2.24) is 5.01 Å². The Bertz CT molecular complexity index is 936. The van der Waals surface area contributed by atoms with Crippen LogP contribution in [0.2, 0.25) is 5.02 Å². The van der Waals surface area contributed by atoms with E-state index in [0.29, 0.717) is 16.4 Å². The predicted octanol–water partition coefficient (Wildman–Crippen LogP) is 4.28. The third-order valence-corrected chi connectivity index (χ3v) is 5.66. The fraction of sp³-hybridized carbons (Fsp3) is 0.318. The largest absolute Gasteiger partial charge is 0.369 e. The molecule has 0 radical (unpaired) electrons. The van der Waals surface area contributed by atoms with Crippen molar-refractivity contribution in [2.24, 2.45) is 22.2 Å². The molecule has 0 aromatic heterocycles. The van der Waals surface area contributed by atoms with E-state index in [1.165, 1.54) is 10.6 Å². The minimum atomic E-state index is -0.879. The lowest BCUT2D eigenvalue weighted by molar-refractivity contribution is -0.127. The Morgan fingerprint density at radius 2 is 1.79 bits per heavy atom. The number of urea groups is 1. The van der Waals surface area contributed by atoms with Crippen molar-refractivity contribution in [2.75, 3.05) is 11.9 Å². The summed E-state index contributed by atoms with van der Waals surface area (Å²) < 4.78 is 0. The number of hydrazone groups is 1. The number of carbonyl (C=O) groups is 2. The molecule has 1 atom stereocenters. The highest BCUT2D eigenvalue weighted by Crippen LogP contribution is 2.35. The van der Waals surface area contributed by atoms with E-state index in [9.17, 15) is 9.59 Å². The van der Waals surface area contributed by atoms with Crippen LogP contribution in [-0.4, -0.2) is 29.2 Å². The van der Waals surface area contributed by atoms with Gasteiger partial charge < -0.3 is 11.1 Å². The molecular formula is C22H25ClN4O2. The Labute approximate surface area is 175 Å². The lowest BCUT2D eigenvalue weighted by Crippen LogP contribution is -2.44. The highest BCUT2D eigenvalue weighted by molar-refractivity contribution is 6.30. The third kappa shape index (κ3) is 4.43. The van der Waals surface area contributed by atoms with E-state index in [2.05, 4.69) is 17.3 Å². The summed E-state index contributed by atoms with van der Waals surface area (Å²) in [5.74, 6) is -0.782. The second kappa shape index (κ2) is 8.25. The van der Waals surface area contributed by atoms with Gasteiger partial charge in [0.2, 0.25) is 5.91 Å². The topological polar surface area (TPSA) is 87.8 Å². The molecule has 0 aliphatic carbocycles. The summed E-state index contributed by atoms with van der Waals surface area (Å²) in [5.41, 5.74) is 8.10. The number of primary amides is 1. The van der Waals surface area contributed by atoms with Crippen LogP contribution < -0.4 is 11.1 Å². The van der Waals surface area contributed by atoms with Crippen LogP contribution in [0, 0.1) is 11.3 Å². The molecule has 152 valence electrons. The molecular weight excluding hydrogens is 388 g/mol. The Hall–Kier alpha value is -2.86. The number of anilines is 1. The van der Waals surface area contributed by atoms with E-state index in [4.69, 9.17) is 17.3 Å². The fourth-order valence-corrected chi connectivity index (χ4v) is 3.39. The number of nitrogens with zero attached hydrogens (tertiary/aromatic N) is 2. The molecule has 1 heterocycles. The van der Waals surface area contributed by atoms with Crippen LogP contribution in [0.3, 0.4) is 0 Å². The molecule has 29 heavy (non-hydrogen) atoms. The van der Waals surface area contributed by atoms with Crippen LogP contribution in [0.5, 0.6) is 0 Å². The molecule has 7 heteroatoms. The molecule has 3 amide bonds. The number of nitrogens with one attached hydrogen (secondary N) is 1. The van der Waals surface area contributed by atoms with Crippen LogP contribution in [0.4, 0.5) is 10.5 Å². The molecule has 0 bridgehead atoms. The van der Waals surface area contributed by atoms with E-state index in [1.807, 2.05) is 36.4 Å². The van der Waals surface area contributed by atoms with Crippen LogP contribution in [-0.2, 0) is 11.2 Å². The average Bonchev–Trinajstić information content (AvgIpc) is 3.15. The molecule has 3 rings (SSSR count). The fourth-order valence-electron chi connectivity index (χ4n) is 3.26. The zero-order valence-corrected chi connectivity index (χ0v) is 17.5. The maximum atomic E-state index is 12.8. The van der Waals surface area contributed by atoms with E-state index < -0.39 is 11.3 Å². The first-order chi connectivity index (χ1) is 13.7. The molecule has 2 aromatic carbocycles. The molecule has 0 saturated heterocycles. The lowest BCUT2D eigenvalue weighted by atomic mass is 9.74. The first-order valence-electron chi connectivity index (χ1n) is 9.54. The lowest BCUT2D eigenvalue weighted by Gasteiger charge is -2.29. The summed E-state index contributed by atoms with van der Waals surface area (Å²) in [6, 6.07) is 14.5. The molecule has 6 nitrogen and oxygen atoms in total. The number of halogens is 1. The SMILES string of the molecule is CCc1ccc(NC(=O)N2CC(C(C)(C)C(N)=O)C(c3ccc(Cl)cc3)=N2)cc1. The standard InChI is InChI=1S/C22H25ClN4O2/c1-4-14-5-11-17(12-6-14)25-21(29)27-13-18(22(2,3)20(24)28)19(26-27)15-7-9-16(23)10-8-15/h5-12,18H,4,13H2,1-3H3,(H2,24,28)(H,25,29). The van der Waals surface area contributed by atoms with E-state index >= 15 is 0 Å². The maximum Gasteiger partial charge on any atom is 0.342 e. The molecule has 1 aliphatic heterocycles. The number of carbonyl (C=O) groups excluding carboxylic acids is 2. The second-order valence-corrected chi connectivity index (χ2v) is 8.13. The number of nitrogens with two attached hydrogens (primary N) is 1. The van der Waals surface area contributed by atoms with Gasteiger partial charge in [-0.25, -0.2) is 9.80 Å². The van der Waals surface area contributed by atoms with E-state index in [0.717, 1.165) is 12.0 Å². The number of rotatable bonds is 5. The van der Waals surface area contributed by atoms with Crippen LogP contribution >= 0.6 is 11.6 Å². The van der Waals surface area contributed by atoms with E-state index in [1.54, 1.807) is 26.0 Å². The average molecular weight is 413 g/mol. The van der Waals surface area contributed by atoms with Crippen LogP contribution in [0.15, 0.2) is 53.6 Å². The van der Waals surface area contributed by atoms with Gasteiger partial charge in [0.05, 0.1) is 17.7 Å². The highest BCUT2D eigenvalue weighted by atomic mass is 35.5. The zero-order chi connectivity index (χ0) is 21.2. The van der Waals surface area contributed by atoms with Gasteiger partial charge in [-0.15, -0.1) is 0 Å². The van der Waals surface area contributed by atoms with Crippen molar-refractivity contribution in [3.8, 4) is 0 Å². The second-order valence-electron chi connectivity index (χ2n) is 7.69. The van der Waals surface area contributed by atoms with Gasteiger partial charge in [-0.1, -0.05) is 56.6 Å². The normalized spacial score (nSPS) is 16.5. The van der Waals surface area contributed by atoms with Crippen molar-refractivity contribution in [3.05, 3.63) is 64.7 Å². The molecule has 3 N–H and O–H groups in total. The zero-order valence-electron chi connectivity index (χ0n) is 16.8. The van der Waals surface area contributed by atoms with E-state index in [-0.39, 0.29) is 18.5 Å². The Morgan fingerprint density at radius 3 is 2.34 bits per heavy atom. The van der Waals surface area contributed by atoms with Gasteiger partial charge in [-0.05, 0) is 41.8 Å². The minimum absolute atomic E-state index is 0.257. The Morgan fingerprint density at radius 1 is 1.17 bits per heavy atom. The summed E-state index contributed by atoms with van der Waals surface area (Å²) in [6.45, 7) is 5.88. The van der Waals surface area contributed by atoms with Crippen molar-refractivity contribution >= 4 is 34.9 Å². The third-order valence-electron chi connectivity index (χ3n) is 5.41. The van der Waals surface area contributed by atoms with Crippen molar-refractivity contribution in [1.29, 1.82) is 0 Å². The maximum absolute atomic E-state index is 12.8. The molecule has 0 saturated carbocycles. The summed E-state index contributed by atoms with van der Waals surface area (Å²) in [6.07, 6.45) is 0.930. The molecule has 0 spiro atoms. The van der Waals surface area contributed by atoms with Gasteiger partial charge in [-0.3, -0.25) is 4.79 Å². The molecule has 0 fully saturated rings. The summed E-state index contributed by atoms with van der Waals surface area (Å²) in [7, 11) is 0. The Balaban J connectivity index is 1.88. The van der Waals surface area contributed by atoms with Gasteiger partial charge in [0.1, 0.15) is 0 Å². The van der Waals surface area contributed by atoms with Crippen LogP contribution in [0.1, 0.15) is 31.9 Å². The summed E-state index contributed by atoms with van der Waals surface area (Å²) >= 11 is 6.00. The highest BCUT2D eigenvalue weighted by Gasteiger charge is 2.44. The number of aryl methyl sites for hydroxylation is 1.